The van der Waals surface area contributed by atoms with Gasteiger partial charge in [0.15, 0.2) is 5.75 Å². The molecule has 0 aromatic rings. The number of hydrogen-bond acceptors (Lipinski definition) is 5. The number of halogens is 11. The fraction of sp³-hybridized carbons (Fsp3) is 0.909. The molecule has 0 fully saturated rings. The second kappa shape index (κ2) is 8.75. The molecule has 1 N–H and O–H groups in total. The summed E-state index contributed by atoms with van der Waals surface area (Å²) in [6.45, 7) is -2.83. The van der Waals surface area contributed by atoms with Crippen LogP contribution in [0.4, 0.5) is 48.3 Å². The van der Waals surface area contributed by atoms with Crippen molar-refractivity contribution in [1.82, 2.24) is 4.72 Å². The van der Waals surface area contributed by atoms with Crippen molar-refractivity contribution in [3.8, 4) is 0 Å². The van der Waals surface area contributed by atoms with Crippen molar-refractivity contribution in [3.63, 3.8) is 0 Å². The maximum Gasteiger partial charge on any atom is 0.458 e. The summed E-state index contributed by atoms with van der Waals surface area (Å²) in [7, 11) is -5.97. The Kier molecular flexibility index (Phi) is 8.31. The molecule has 0 aliphatic rings. The average Bonchev–Trinajstić information content (AvgIpc) is 2.44. The largest absolute Gasteiger partial charge is 0.458 e. The maximum atomic E-state index is 14.0. The lowest BCUT2D eigenvalue weighted by atomic mass is 10.2. The first-order valence-corrected chi connectivity index (χ1v) is 8.66. The summed E-state index contributed by atoms with van der Waals surface area (Å²) in [6.07, 6.45) is -18.6. The molecule has 6 nitrogen and oxygen atoms in total. The van der Waals surface area contributed by atoms with Gasteiger partial charge >= 0.3 is 36.1 Å². The van der Waals surface area contributed by atoms with Crippen LogP contribution in [0.5, 0.6) is 0 Å². The van der Waals surface area contributed by atoms with Crippen LogP contribution < -0.4 is 4.72 Å². The van der Waals surface area contributed by atoms with Gasteiger partial charge < -0.3 is 9.47 Å². The van der Waals surface area contributed by atoms with Crippen LogP contribution in [-0.2, 0) is 24.3 Å². The smallest absolute Gasteiger partial charge is 0.337 e. The first kappa shape index (κ1) is 27.6. The van der Waals surface area contributed by atoms with E-state index in [-0.39, 0.29) is 11.1 Å². The quantitative estimate of drug-likeness (QED) is 0.515. The molecule has 29 heavy (non-hydrogen) atoms. The lowest BCUT2D eigenvalue weighted by molar-refractivity contribution is -0.378. The Morgan fingerprint density at radius 1 is 0.862 bits per heavy atom. The summed E-state index contributed by atoms with van der Waals surface area (Å²) < 4.78 is 169. The summed E-state index contributed by atoms with van der Waals surface area (Å²) in [5, 5.41) is 0. The van der Waals surface area contributed by atoms with E-state index in [0.717, 1.165) is 6.92 Å². The van der Waals surface area contributed by atoms with Gasteiger partial charge in [-0.1, -0.05) is 6.92 Å². The van der Waals surface area contributed by atoms with Gasteiger partial charge in [-0.2, -0.15) is 48.3 Å². The van der Waals surface area contributed by atoms with Crippen molar-refractivity contribution >= 4 is 15.9 Å². The minimum Gasteiger partial charge on any atom is -0.337 e. The van der Waals surface area contributed by atoms with Gasteiger partial charge in [-0.15, -0.1) is 0 Å². The predicted molar refractivity (Wildman–Crippen MR) is 70.0 cm³/mol. The van der Waals surface area contributed by atoms with Crippen molar-refractivity contribution in [2.24, 2.45) is 0 Å². The fourth-order valence-electron chi connectivity index (χ4n) is 1.40. The summed E-state index contributed by atoms with van der Waals surface area (Å²) in [6, 6.07) is 0. The van der Waals surface area contributed by atoms with Crippen LogP contribution in [-0.4, -0.2) is 63.5 Å². The highest BCUT2D eigenvalue weighted by Crippen LogP contribution is 2.40. The number of ether oxygens (including phenoxy) is 2. The van der Waals surface area contributed by atoms with E-state index in [0.29, 0.717) is 0 Å². The number of sulfonamides is 1. The Morgan fingerprint density at radius 2 is 1.34 bits per heavy atom. The molecule has 0 bridgehead atoms. The molecular weight excluding hydrogens is 467 g/mol. The molecule has 0 heterocycles. The van der Waals surface area contributed by atoms with E-state index >= 15 is 0 Å². The lowest BCUT2D eigenvalue weighted by Gasteiger charge is -2.32. The summed E-state index contributed by atoms with van der Waals surface area (Å²) in [5.41, 5.74) is 0. The molecule has 18 heteroatoms. The molecule has 0 aliphatic carbocycles. The average molecular weight is 479 g/mol. The highest BCUT2D eigenvalue weighted by atomic mass is 32.2. The van der Waals surface area contributed by atoms with Crippen LogP contribution in [0.25, 0.3) is 0 Å². The van der Waals surface area contributed by atoms with Crippen LogP contribution in [0, 0.1) is 0 Å². The third-order valence-corrected chi connectivity index (χ3v) is 3.88. The molecule has 0 saturated carbocycles. The van der Waals surface area contributed by atoms with Crippen molar-refractivity contribution in [2.45, 2.75) is 43.6 Å². The van der Waals surface area contributed by atoms with E-state index in [4.69, 9.17) is 0 Å². The van der Waals surface area contributed by atoms with Crippen LogP contribution in [0.1, 0.15) is 13.3 Å². The van der Waals surface area contributed by atoms with Crippen LogP contribution in [0.15, 0.2) is 0 Å². The van der Waals surface area contributed by atoms with Crippen molar-refractivity contribution in [3.05, 3.63) is 0 Å². The number of nitrogens with one attached hydrogen (secondary N) is 1. The van der Waals surface area contributed by atoms with Crippen molar-refractivity contribution < 1.29 is 71.0 Å². The Bertz CT molecular complexity index is 674. The fourth-order valence-corrected chi connectivity index (χ4v) is 2.31. The molecule has 0 aromatic heterocycles. The van der Waals surface area contributed by atoms with E-state index in [1.165, 1.54) is 0 Å². The zero-order valence-electron chi connectivity index (χ0n) is 13.9. The number of carbonyl (C=O) groups excluding carboxylic acids is 1. The third-order valence-electron chi connectivity index (χ3n) is 2.67. The molecule has 0 aliphatic heterocycles. The number of carbonyl (C=O) groups is 1. The second-order valence-electron chi connectivity index (χ2n) is 5.26. The lowest BCUT2D eigenvalue weighted by Crippen LogP contribution is -2.60. The molecule has 2 unspecified atom stereocenters. The van der Waals surface area contributed by atoms with Gasteiger partial charge in [-0.05, 0) is 6.42 Å². The van der Waals surface area contributed by atoms with E-state index < -0.39 is 65.1 Å². The van der Waals surface area contributed by atoms with E-state index in [2.05, 4.69) is 9.47 Å². The summed E-state index contributed by atoms with van der Waals surface area (Å²) in [4.78, 5) is 11.3. The molecule has 0 rings (SSSR count). The number of rotatable bonds is 9. The van der Waals surface area contributed by atoms with Gasteiger partial charge in [0.2, 0.25) is 10.0 Å². The van der Waals surface area contributed by atoms with E-state index in [9.17, 15) is 61.5 Å². The molecule has 2 atom stereocenters. The molecule has 174 valence electrons. The second-order valence-corrected chi connectivity index (χ2v) is 6.98. The monoisotopic (exact) mass is 479 g/mol. The minimum atomic E-state index is -6.62. The third kappa shape index (κ3) is 7.72. The first-order valence-electron chi connectivity index (χ1n) is 7.01. The molecule has 0 saturated heterocycles. The van der Waals surface area contributed by atoms with Crippen LogP contribution >= 0.6 is 0 Å². The Balaban J connectivity index is 5.77. The van der Waals surface area contributed by atoms with Crippen LogP contribution in [0.2, 0.25) is 0 Å². The van der Waals surface area contributed by atoms with Crippen molar-refractivity contribution in [1.29, 1.82) is 0 Å². The normalized spacial score (nSPS) is 18.1. The summed E-state index contributed by atoms with van der Waals surface area (Å²) in [5.74, 6) is -17.4. The standard InChI is InChI=1S/C11H12F11NO5S/c1-2-3-27-7(12,10(17,18)19)4-28-9(16,11(20,21)22)6(24)23-29(25,26)5-8(13,14)15/h2-5H2,1H3,(H,23,24). The topological polar surface area (TPSA) is 81.7 Å². The van der Waals surface area contributed by atoms with Gasteiger partial charge in [0, 0.05) is 0 Å². The number of hydrogen-bond donors (Lipinski definition) is 1. The molecule has 0 aromatic carbocycles. The van der Waals surface area contributed by atoms with Gasteiger partial charge in [0.05, 0.1) is 6.61 Å². The molecular formula is C11H12F11NO5S. The van der Waals surface area contributed by atoms with Gasteiger partial charge in [0.1, 0.15) is 6.61 Å². The van der Waals surface area contributed by atoms with Gasteiger partial charge in [0.25, 0.3) is 0 Å². The minimum absolute atomic E-state index is 0.0269. The Hall–Kier alpha value is -1.43. The molecule has 0 radical (unpaired) electrons. The van der Waals surface area contributed by atoms with Crippen LogP contribution in [0.3, 0.4) is 0 Å². The number of alkyl halides is 11. The van der Waals surface area contributed by atoms with Gasteiger partial charge in [-0.3, -0.25) is 4.79 Å². The Morgan fingerprint density at radius 3 is 1.69 bits per heavy atom. The zero-order chi connectivity index (χ0) is 23.5. The van der Waals surface area contributed by atoms with Crippen molar-refractivity contribution in [2.75, 3.05) is 19.0 Å². The summed E-state index contributed by atoms with van der Waals surface area (Å²) >= 11 is 0. The molecule has 0 spiro atoms. The van der Waals surface area contributed by atoms with E-state index in [1.54, 1.807) is 0 Å². The first-order chi connectivity index (χ1) is 12.6. The SMILES string of the molecule is CCCOC(F)(COC(F)(C(=O)NS(=O)(=O)CC(F)(F)F)C(F)(F)F)C(F)(F)F. The Labute approximate surface area is 155 Å². The highest BCUT2D eigenvalue weighted by molar-refractivity contribution is 7.90. The van der Waals surface area contributed by atoms with Gasteiger partial charge in [-0.25, -0.2) is 13.1 Å². The zero-order valence-corrected chi connectivity index (χ0v) is 14.8. The van der Waals surface area contributed by atoms with E-state index in [1.807, 2.05) is 0 Å². The molecule has 1 amide bonds. The maximum absolute atomic E-state index is 14.0. The highest BCUT2D eigenvalue weighted by Gasteiger charge is 2.67. The number of amides is 1. The predicted octanol–water partition coefficient (Wildman–Crippen LogP) is 2.89.